The fourth-order valence-corrected chi connectivity index (χ4v) is 1.62. The second-order valence-corrected chi connectivity index (χ2v) is 3.89. The van der Waals surface area contributed by atoms with Gasteiger partial charge in [0.2, 0.25) is 5.91 Å². The molecule has 1 amide bonds. The molecule has 0 saturated heterocycles. The molecule has 0 aromatic rings. The van der Waals surface area contributed by atoms with Gasteiger partial charge in [0, 0.05) is 26.5 Å². The number of carbonyl (C=O) groups excluding carboxylic acids is 2. The number of ether oxygens (including phenoxy) is 2. The van der Waals surface area contributed by atoms with E-state index >= 15 is 0 Å². The zero-order chi connectivity index (χ0) is 11.8. The Hall–Kier alpha value is -0.940. The van der Waals surface area contributed by atoms with E-state index in [-0.39, 0.29) is 18.6 Å². The number of Topliss-reactive ketones (excluding diaryl/α,β-unsaturated/α-hetero) is 1. The Balaban J connectivity index is 2.05. The molecule has 0 heterocycles. The Morgan fingerprint density at radius 1 is 1.44 bits per heavy atom. The Morgan fingerprint density at radius 3 is 2.75 bits per heavy atom. The summed E-state index contributed by atoms with van der Waals surface area (Å²) in [7, 11) is 1.59. The first-order valence-corrected chi connectivity index (χ1v) is 5.61. The minimum Gasteiger partial charge on any atom is -0.383 e. The van der Waals surface area contributed by atoms with E-state index in [0.29, 0.717) is 31.8 Å². The van der Waals surface area contributed by atoms with Crippen LogP contribution in [0.25, 0.3) is 0 Å². The quantitative estimate of drug-likeness (QED) is 0.664. The molecule has 0 aliphatic heterocycles. The van der Waals surface area contributed by atoms with Gasteiger partial charge in [0.05, 0.1) is 12.7 Å². The van der Waals surface area contributed by atoms with E-state index < -0.39 is 0 Å². The molecule has 0 unspecified atom stereocenters. The van der Waals surface area contributed by atoms with Gasteiger partial charge in [-0.2, -0.15) is 0 Å². The number of carbonyl (C=O) groups is 2. The van der Waals surface area contributed by atoms with Crippen LogP contribution in [0.15, 0.2) is 0 Å². The lowest BCUT2D eigenvalue weighted by Crippen LogP contribution is -2.33. The van der Waals surface area contributed by atoms with Gasteiger partial charge in [0.25, 0.3) is 0 Å². The van der Waals surface area contributed by atoms with Crippen molar-refractivity contribution in [2.24, 2.45) is 0 Å². The summed E-state index contributed by atoms with van der Waals surface area (Å²) in [6, 6.07) is 0. The van der Waals surface area contributed by atoms with Gasteiger partial charge in [-0.25, -0.2) is 0 Å². The maximum absolute atomic E-state index is 11.3. The molecule has 0 radical (unpaired) electrons. The number of amides is 1. The highest BCUT2D eigenvalue weighted by molar-refractivity contribution is 5.79. The van der Waals surface area contributed by atoms with E-state index in [1.807, 2.05) is 0 Å². The normalized spacial score (nSPS) is 17.4. The minimum atomic E-state index is -0.131. The fourth-order valence-electron chi connectivity index (χ4n) is 1.62. The summed E-state index contributed by atoms with van der Waals surface area (Å²) in [6.45, 7) is 1.08. The molecule has 1 aliphatic carbocycles. The molecule has 5 nitrogen and oxygen atoms in total. The first-order chi connectivity index (χ1) is 7.72. The molecule has 0 spiro atoms. The minimum absolute atomic E-state index is 0.0610. The van der Waals surface area contributed by atoms with Crippen LogP contribution in [0.1, 0.15) is 25.7 Å². The SMILES string of the molecule is COCCNC(=O)COC1CCC(=O)CC1. The maximum atomic E-state index is 11.3. The first-order valence-electron chi connectivity index (χ1n) is 5.61. The summed E-state index contributed by atoms with van der Waals surface area (Å²) in [5.74, 6) is 0.165. The zero-order valence-electron chi connectivity index (χ0n) is 9.66. The monoisotopic (exact) mass is 229 g/mol. The van der Waals surface area contributed by atoms with E-state index in [1.165, 1.54) is 0 Å². The van der Waals surface area contributed by atoms with Crippen molar-refractivity contribution in [3.63, 3.8) is 0 Å². The number of hydrogen-bond donors (Lipinski definition) is 1. The van der Waals surface area contributed by atoms with Crippen LogP contribution in [0.2, 0.25) is 0 Å². The van der Waals surface area contributed by atoms with Crippen molar-refractivity contribution in [1.29, 1.82) is 0 Å². The number of nitrogens with one attached hydrogen (secondary N) is 1. The highest BCUT2D eigenvalue weighted by atomic mass is 16.5. The highest BCUT2D eigenvalue weighted by Gasteiger charge is 2.19. The van der Waals surface area contributed by atoms with Crippen molar-refractivity contribution in [2.45, 2.75) is 31.8 Å². The van der Waals surface area contributed by atoms with Gasteiger partial charge < -0.3 is 14.8 Å². The van der Waals surface area contributed by atoms with Crippen LogP contribution in [0, 0.1) is 0 Å². The molecule has 0 aromatic heterocycles. The summed E-state index contributed by atoms with van der Waals surface area (Å²) in [4.78, 5) is 22.2. The van der Waals surface area contributed by atoms with Crippen LogP contribution in [0.5, 0.6) is 0 Å². The second kappa shape index (κ2) is 7.35. The second-order valence-electron chi connectivity index (χ2n) is 3.89. The summed E-state index contributed by atoms with van der Waals surface area (Å²) >= 11 is 0. The number of hydrogen-bond acceptors (Lipinski definition) is 4. The molecule has 1 fully saturated rings. The topological polar surface area (TPSA) is 64.6 Å². The van der Waals surface area contributed by atoms with E-state index in [4.69, 9.17) is 9.47 Å². The molecule has 0 bridgehead atoms. The Labute approximate surface area is 95.5 Å². The van der Waals surface area contributed by atoms with Gasteiger partial charge in [-0.3, -0.25) is 9.59 Å². The summed E-state index contributed by atoms with van der Waals surface area (Å²) in [6.07, 6.45) is 2.70. The lowest BCUT2D eigenvalue weighted by Gasteiger charge is -2.20. The molecular weight excluding hydrogens is 210 g/mol. The van der Waals surface area contributed by atoms with Gasteiger partial charge >= 0.3 is 0 Å². The molecule has 92 valence electrons. The average Bonchev–Trinajstić information content (AvgIpc) is 2.29. The Kier molecular flexibility index (Phi) is 6.03. The van der Waals surface area contributed by atoms with Crippen LogP contribution in [0.3, 0.4) is 0 Å². The van der Waals surface area contributed by atoms with E-state index in [2.05, 4.69) is 5.32 Å². The van der Waals surface area contributed by atoms with Crippen molar-refractivity contribution >= 4 is 11.7 Å². The first kappa shape index (κ1) is 13.1. The molecular formula is C11H19NO4. The lowest BCUT2D eigenvalue weighted by molar-refractivity contribution is -0.130. The fraction of sp³-hybridized carbons (Fsp3) is 0.818. The lowest BCUT2D eigenvalue weighted by atomic mass is 9.96. The summed E-state index contributed by atoms with van der Waals surface area (Å²) in [5, 5.41) is 2.68. The van der Waals surface area contributed by atoms with Crippen LogP contribution in [-0.2, 0) is 19.1 Å². The maximum Gasteiger partial charge on any atom is 0.246 e. The third-order valence-corrected chi connectivity index (χ3v) is 2.57. The van der Waals surface area contributed by atoms with Crippen molar-refractivity contribution in [1.82, 2.24) is 5.32 Å². The van der Waals surface area contributed by atoms with Gasteiger partial charge in [0.1, 0.15) is 12.4 Å². The van der Waals surface area contributed by atoms with Gasteiger partial charge in [-0.1, -0.05) is 0 Å². The van der Waals surface area contributed by atoms with Gasteiger partial charge in [-0.15, -0.1) is 0 Å². The third kappa shape index (κ3) is 5.23. The standard InChI is InChI=1S/C11H19NO4/c1-15-7-6-12-11(14)8-16-10-4-2-9(13)3-5-10/h10H,2-8H2,1H3,(H,12,14). The molecule has 1 aliphatic rings. The van der Waals surface area contributed by atoms with Crippen LogP contribution in [0.4, 0.5) is 0 Å². The van der Waals surface area contributed by atoms with E-state index in [9.17, 15) is 9.59 Å². The van der Waals surface area contributed by atoms with Crippen molar-refractivity contribution < 1.29 is 19.1 Å². The van der Waals surface area contributed by atoms with Gasteiger partial charge in [-0.05, 0) is 12.8 Å². The Bertz CT molecular complexity index is 232. The highest BCUT2D eigenvalue weighted by Crippen LogP contribution is 2.17. The predicted octanol–water partition coefficient (Wildman–Crippen LogP) is 0.277. The number of methoxy groups -OCH3 is 1. The molecule has 1 N–H and O–H groups in total. The largest absolute Gasteiger partial charge is 0.383 e. The molecule has 1 rings (SSSR count). The smallest absolute Gasteiger partial charge is 0.246 e. The zero-order valence-corrected chi connectivity index (χ0v) is 9.66. The molecule has 5 heteroatoms. The van der Waals surface area contributed by atoms with Crippen molar-refractivity contribution in [2.75, 3.05) is 26.9 Å². The van der Waals surface area contributed by atoms with E-state index in [0.717, 1.165) is 12.8 Å². The summed E-state index contributed by atoms with van der Waals surface area (Å²) in [5.41, 5.74) is 0. The van der Waals surface area contributed by atoms with Gasteiger partial charge in [0.15, 0.2) is 0 Å². The van der Waals surface area contributed by atoms with E-state index in [1.54, 1.807) is 7.11 Å². The van der Waals surface area contributed by atoms with Crippen LogP contribution >= 0.6 is 0 Å². The molecule has 1 saturated carbocycles. The average molecular weight is 229 g/mol. The van der Waals surface area contributed by atoms with Crippen LogP contribution in [-0.4, -0.2) is 44.7 Å². The summed E-state index contributed by atoms with van der Waals surface area (Å²) < 4.78 is 10.2. The predicted molar refractivity (Wildman–Crippen MR) is 58.1 cm³/mol. The molecule has 0 atom stereocenters. The Morgan fingerprint density at radius 2 is 2.12 bits per heavy atom. The number of ketones is 1. The van der Waals surface area contributed by atoms with Crippen LogP contribution < -0.4 is 5.32 Å². The molecule has 0 aromatic carbocycles. The third-order valence-electron chi connectivity index (χ3n) is 2.57. The van der Waals surface area contributed by atoms with Crippen molar-refractivity contribution in [3.8, 4) is 0 Å². The number of rotatable bonds is 6. The van der Waals surface area contributed by atoms with Crippen molar-refractivity contribution in [3.05, 3.63) is 0 Å². The molecule has 16 heavy (non-hydrogen) atoms.